The van der Waals surface area contributed by atoms with Gasteiger partial charge in [-0.3, -0.25) is 14.5 Å². The van der Waals surface area contributed by atoms with Crippen molar-refractivity contribution in [1.29, 1.82) is 0 Å². The van der Waals surface area contributed by atoms with E-state index in [9.17, 15) is 14.4 Å². The van der Waals surface area contributed by atoms with Crippen LogP contribution in [0.25, 0.3) is 0 Å². The summed E-state index contributed by atoms with van der Waals surface area (Å²) in [6, 6.07) is 3.15. The molecule has 1 saturated heterocycles. The number of nitrogens with zero attached hydrogens (tertiary/aromatic N) is 3. The largest absolute Gasteiger partial charge is 0.462 e. The molecule has 1 aromatic heterocycles. The molecule has 1 fully saturated rings. The number of carbonyl (C=O) groups excluding carboxylic acids is 3. The molecule has 0 aliphatic carbocycles. The van der Waals surface area contributed by atoms with Crippen molar-refractivity contribution < 1.29 is 19.1 Å². The Bertz CT molecular complexity index is 684. The Hall–Kier alpha value is -2.48. The number of aromatic nitrogens is 1. The van der Waals surface area contributed by atoms with E-state index in [2.05, 4.69) is 10.3 Å². The van der Waals surface area contributed by atoms with E-state index in [0.717, 1.165) is 6.42 Å². The summed E-state index contributed by atoms with van der Waals surface area (Å²) in [5.74, 6) is -0.580. The van der Waals surface area contributed by atoms with E-state index in [4.69, 9.17) is 4.74 Å². The number of aryl methyl sites for hydroxylation is 1. The molecule has 0 bridgehead atoms. The highest BCUT2D eigenvalue weighted by molar-refractivity contribution is 5.95. The first-order valence-electron chi connectivity index (χ1n) is 9.39. The Morgan fingerprint density at radius 2 is 1.85 bits per heavy atom. The van der Waals surface area contributed by atoms with Crippen LogP contribution in [-0.2, 0) is 9.53 Å². The van der Waals surface area contributed by atoms with Crippen molar-refractivity contribution in [3.05, 3.63) is 29.1 Å². The molecule has 0 saturated carbocycles. The summed E-state index contributed by atoms with van der Waals surface area (Å²) < 4.78 is 4.98. The van der Waals surface area contributed by atoms with Gasteiger partial charge in [0.15, 0.2) is 0 Å². The van der Waals surface area contributed by atoms with Gasteiger partial charge in [-0.2, -0.15) is 0 Å². The van der Waals surface area contributed by atoms with Gasteiger partial charge >= 0.3 is 5.97 Å². The second-order valence-corrected chi connectivity index (χ2v) is 6.47. The molecule has 0 radical (unpaired) electrons. The Morgan fingerprint density at radius 1 is 1.15 bits per heavy atom. The molecular weight excluding hydrogens is 348 g/mol. The van der Waals surface area contributed by atoms with Gasteiger partial charge in [0.05, 0.1) is 24.4 Å². The number of ether oxygens (including phenoxy) is 1. The highest BCUT2D eigenvalue weighted by Crippen LogP contribution is 2.12. The number of rotatable bonds is 7. The van der Waals surface area contributed by atoms with Crippen molar-refractivity contribution in [1.82, 2.24) is 20.1 Å². The SMILES string of the molecule is CCCNC(=O)CN1CCN(C(=O)c2ccc(C(=O)OCC)c(C)n2)CC1. The smallest absolute Gasteiger partial charge is 0.339 e. The summed E-state index contributed by atoms with van der Waals surface area (Å²) in [7, 11) is 0. The number of nitrogens with one attached hydrogen (secondary N) is 1. The minimum atomic E-state index is -0.434. The minimum absolute atomic E-state index is 0.0171. The van der Waals surface area contributed by atoms with Crippen molar-refractivity contribution in [3.8, 4) is 0 Å². The van der Waals surface area contributed by atoms with E-state index in [1.54, 1.807) is 30.9 Å². The fourth-order valence-electron chi connectivity index (χ4n) is 2.90. The van der Waals surface area contributed by atoms with Crippen LogP contribution in [0.15, 0.2) is 12.1 Å². The molecule has 1 aliphatic rings. The summed E-state index contributed by atoms with van der Waals surface area (Å²) in [6.45, 7) is 9.15. The van der Waals surface area contributed by atoms with E-state index in [0.29, 0.717) is 62.8 Å². The highest BCUT2D eigenvalue weighted by Gasteiger charge is 2.24. The summed E-state index contributed by atoms with van der Waals surface area (Å²) >= 11 is 0. The lowest BCUT2D eigenvalue weighted by Gasteiger charge is -2.34. The van der Waals surface area contributed by atoms with Gasteiger partial charge in [-0.15, -0.1) is 0 Å². The average Bonchev–Trinajstić information content (AvgIpc) is 2.66. The van der Waals surface area contributed by atoms with Crippen molar-refractivity contribution in [2.24, 2.45) is 0 Å². The zero-order valence-electron chi connectivity index (χ0n) is 16.3. The monoisotopic (exact) mass is 376 g/mol. The van der Waals surface area contributed by atoms with Gasteiger partial charge in [0.25, 0.3) is 5.91 Å². The van der Waals surface area contributed by atoms with Crippen LogP contribution in [0.5, 0.6) is 0 Å². The maximum atomic E-state index is 12.7. The van der Waals surface area contributed by atoms with E-state index in [-0.39, 0.29) is 11.8 Å². The fraction of sp³-hybridized carbons (Fsp3) is 0.579. The minimum Gasteiger partial charge on any atom is -0.462 e. The standard InChI is InChI=1S/C19H28N4O4/c1-4-8-20-17(24)13-22-9-11-23(12-10-22)18(25)16-7-6-15(14(3)21-16)19(26)27-5-2/h6-7H,4-5,8-13H2,1-3H3,(H,20,24). The molecule has 0 atom stereocenters. The maximum absolute atomic E-state index is 12.7. The van der Waals surface area contributed by atoms with Gasteiger partial charge < -0.3 is 15.0 Å². The fourth-order valence-corrected chi connectivity index (χ4v) is 2.90. The van der Waals surface area contributed by atoms with Crippen LogP contribution in [0.3, 0.4) is 0 Å². The third-order valence-electron chi connectivity index (χ3n) is 4.40. The quantitative estimate of drug-likeness (QED) is 0.710. The van der Waals surface area contributed by atoms with Gasteiger partial charge in [0, 0.05) is 32.7 Å². The lowest BCUT2D eigenvalue weighted by Crippen LogP contribution is -2.51. The van der Waals surface area contributed by atoms with Crippen molar-refractivity contribution in [3.63, 3.8) is 0 Å². The first-order chi connectivity index (χ1) is 13.0. The molecule has 8 nitrogen and oxygen atoms in total. The van der Waals surface area contributed by atoms with Crippen molar-refractivity contribution in [2.45, 2.75) is 27.2 Å². The predicted octanol–water partition coefficient (Wildman–Crippen LogP) is 0.851. The number of pyridine rings is 1. The Balaban J connectivity index is 1.91. The Kier molecular flexibility index (Phi) is 7.72. The van der Waals surface area contributed by atoms with Crippen molar-refractivity contribution in [2.75, 3.05) is 45.9 Å². The van der Waals surface area contributed by atoms with Crippen LogP contribution in [0, 0.1) is 6.92 Å². The number of amides is 2. The Morgan fingerprint density at radius 3 is 2.44 bits per heavy atom. The number of carbonyl (C=O) groups is 3. The number of hydrogen-bond donors (Lipinski definition) is 1. The molecule has 148 valence electrons. The molecule has 8 heteroatoms. The van der Waals surface area contributed by atoms with Gasteiger partial charge in [-0.1, -0.05) is 6.92 Å². The zero-order chi connectivity index (χ0) is 19.8. The van der Waals surface area contributed by atoms with Gasteiger partial charge in [-0.05, 0) is 32.4 Å². The van der Waals surface area contributed by atoms with Gasteiger partial charge in [0.1, 0.15) is 5.69 Å². The van der Waals surface area contributed by atoms with Crippen LogP contribution in [-0.4, -0.2) is 78.4 Å². The molecule has 2 heterocycles. The average molecular weight is 376 g/mol. The predicted molar refractivity (Wildman–Crippen MR) is 101 cm³/mol. The molecule has 2 amide bonds. The summed E-state index contributed by atoms with van der Waals surface area (Å²) in [5, 5.41) is 2.86. The number of piperazine rings is 1. The molecule has 1 N–H and O–H groups in total. The summed E-state index contributed by atoms with van der Waals surface area (Å²) in [5.41, 5.74) is 1.16. The molecule has 1 aliphatic heterocycles. The molecular formula is C19H28N4O4. The van der Waals surface area contributed by atoms with Crippen molar-refractivity contribution >= 4 is 17.8 Å². The van der Waals surface area contributed by atoms with Crippen LogP contribution in [0.2, 0.25) is 0 Å². The number of hydrogen-bond acceptors (Lipinski definition) is 6. The molecule has 1 aromatic rings. The third-order valence-corrected chi connectivity index (χ3v) is 4.40. The van der Waals surface area contributed by atoms with E-state index in [1.165, 1.54) is 0 Å². The first-order valence-corrected chi connectivity index (χ1v) is 9.39. The molecule has 0 spiro atoms. The number of esters is 1. The second-order valence-electron chi connectivity index (χ2n) is 6.47. The van der Waals surface area contributed by atoms with E-state index >= 15 is 0 Å². The van der Waals surface area contributed by atoms with E-state index < -0.39 is 5.97 Å². The zero-order valence-corrected chi connectivity index (χ0v) is 16.3. The lowest BCUT2D eigenvalue weighted by molar-refractivity contribution is -0.122. The third kappa shape index (κ3) is 5.75. The summed E-state index contributed by atoms with van der Waals surface area (Å²) in [4.78, 5) is 44.4. The second kappa shape index (κ2) is 10.0. The van der Waals surface area contributed by atoms with Crippen LogP contribution >= 0.6 is 0 Å². The summed E-state index contributed by atoms with van der Waals surface area (Å²) in [6.07, 6.45) is 0.912. The molecule has 27 heavy (non-hydrogen) atoms. The molecule has 0 unspecified atom stereocenters. The van der Waals surface area contributed by atoms with E-state index in [1.807, 2.05) is 11.8 Å². The lowest BCUT2D eigenvalue weighted by atomic mass is 10.1. The van der Waals surface area contributed by atoms with Crippen LogP contribution in [0.4, 0.5) is 0 Å². The molecule has 0 aromatic carbocycles. The topological polar surface area (TPSA) is 91.8 Å². The van der Waals surface area contributed by atoms with Crippen LogP contribution in [0.1, 0.15) is 46.8 Å². The van der Waals surface area contributed by atoms with Gasteiger partial charge in [-0.25, -0.2) is 9.78 Å². The normalized spacial score (nSPS) is 14.7. The van der Waals surface area contributed by atoms with Gasteiger partial charge in [0.2, 0.25) is 5.91 Å². The molecule has 2 rings (SSSR count). The maximum Gasteiger partial charge on any atom is 0.339 e. The highest BCUT2D eigenvalue weighted by atomic mass is 16.5. The van der Waals surface area contributed by atoms with Crippen LogP contribution < -0.4 is 5.32 Å². The first kappa shape index (κ1) is 20.8. The Labute approximate surface area is 159 Å².